The van der Waals surface area contributed by atoms with Gasteiger partial charge in [0, 0.05) is 24.1 Å². The summed E-state index contributed by atoms with van der Waals surface area (Å²) in [4.78, 5) is 16.5. The molecule has 158 valence electrons. The van der Waals surface area contributed by atoms with Crippen molar-refractivity contribution in [2.45, 2.75) is 12.8 Å². The van der Waals surface area contributed by atoms with Crippen molar-refractivity contribution >= 4 is 27.7 Å². The quantitative estimate of drug-likeness (QED) is 0.480. The first kappa shape index (κ1) is 22.1. The average molecular weight is 471 g/mol. The van der Waals surface area contributed by atoms with Crippen LogP contribution in [0.2, 0.25) is 0 Å². The van der Waals surface area contributed by atoms with E-state index in [1.165, 1.54) is 0 Å². The SMILES string of the molecule is C=CCN(C)CC=CCOc1ccc2c(c1)CCCN2C(=O)Oc1ccc(Br)cc1. The summed E-state index contributed by atoms with van der Waals surface area (Å²) in [7, 11) is 2.05. The van der Waals surface area contributed by atoms with Crippen LogP contribution in [0.5, 0.6) is 11.5 Å². The molecule has 0 radical (unpaired) electrons. The summed E-state index contributed by atoms with van der Waals surface area (Å²) in [5, 5.41) is 0. The van der Waals surface area contributed by atoms with Crippen molar-refractivity contribution in [1.29, 1.82) is 0 Å². The molecule has 1 aliphatic rings. The molecule has 1 heterocycles. The van der Waals surface area contributed by atoms with Gasteiger partial charge in [-0.05, 0) is 67.9 Å². The van der Waals surface area contributed by atoms with E-state index in [4.69, 9.17) is 9.47 Å². The number of carbonyl (C=O) groups is 1. The van der Waals surface area contributed by atoms with Gasteiger partial charge in [0.05, 0.1) is 5.69 Å². The molecule has 30 heavy (non-hydrogen) atoms. The van der Waals surface area contributed by atoms with Gasteiger partial charge in [-0.2, -0.15) is 0 Å². The third-order valence-corrected chi connectivity index (χ3v) is 5.31. The van der Waals surface area contributed by atoms with E-state index in [1.54, 1.807) is 17.0 Å². The highest BCUT2D eigenvalue weighted by Crippen LogP contribution is 2.31. The Morgan fingerprint density at radius 2 is 1.93 bits per heavy atom. The number of benzene rings is 2. The average Bonchev–Trinajstić information content (AvgIpc) is 2.74. The number of rotatable bonds is 8. The number of aryl methyl sites for hydroxylation is 1. The van der Waals surface area contributed by atoms with E-state index in [1.807, 2.05) is 49.5 Å². The van der Waals surface area contributed by atoms with E-state index < -0.39 is 0 Å². The topological polar surface area (TPSA) is 42.0 Å². The van der Waals surface area contributed by atoms with Gasteiger partial charge in [0.1, 0.15) is 18.1 Å². The van der Waals surface area contributed by atoms with Gasteiger partial charge in [0.25, 0.3) is 0 Å². The molecule has 0 saturated heterocycles. The number of amides is 1. The molecule has 6 heteroatoms. The van der Waals surface area contributed by atoms with Crippen LogP contribution in [0.3, 0.4) is 0 Å². The van der Waals surface area contributed by atoms with Gasteiger partial charge in [-0.25, -0.2) is 4.79 Å². The molecule has 0 aliphatic carbocycles. The van der Waals surface area contributed by atoms with Crippen molar-refractivity contribution in [2.24, 2.45) is 0 Å². The smallest absolute Gasteiger partial charge is 0.419 e. The molecule has 2 aromatic carbocycles. The van der Waals surface area contributed by atoms with Crippen molar-refractivity contribution in [1.82, 2.24) is 4.90 Å². The Labute approximate surface area is 186 Å². The van der Waals surface area contributed by atoms with Crippen molar-refractivity contribution in [2.75, 3.05) is 38.2 Å². The number of hydrogen-bond donors (Lipinski definition) is 0. The molecule has 0 N–H and O–H groups in total. The van der Waals surface area contributed by atoms with E-state index in [0.29, 0.717) is 18.9 Å². The van der Waals surface area contributed by atoms with E-state index in [-0.39, 0.29) is 6.09 Å². The van der Waals surface area contributed by atoms with Crippen LogP contribution in [0.1, 0.15) is 12.0 Å². The Bertz CT molecular complexity index is 896. The first-order valence-electron chi connectivity index (χ1n) is 10.0. The zero-order chi connectivity index (χ0) is 21.3. The summed E-state index contributed by atoms with van der Waals surface area (Å²) in [5.41, 5.74) is 1.98. The van der Waals surface area contributed by atoms with Crippen LogP contribution >= 0.6 is 15.9 Å². The molecular weight excluding hydrogens is 444 g/mol. The van der Waals surface area contributed by atoms with Gasteiger partial charge in [-0.3, -0.25) is 9.80 Å². The van der Waals surface area contributed by atoms with E-state index in [9.17, 15) is 4.79 Å². The van der Waals surface area contributed by atoms with Gasteiger partial charge in [-0.15, -0.1) is 6.58 Å². The number of carbonyl (C=O) groups excluding carboxylic acids is 1. The van der Waals surface area contributed by atoms with Gasteiger partial charge in [-0.1, -0.05) is 34.2 Å². The molecule has 2 aromatic rings. The number of ether oxygens (including phenoxy) is 2. The molecule has 5 nitrogen and oxygen atoms in total. The first-order valence-corrected chi connectivity index (χ1v) is 10.8. The minimum atomic E-state index is -0.362. The lowest BCUT2D eigenvalue weighted by atomic mass is 10.0. The molecule has 0 spiro atoms. The van der Waals surface area contributed by atoms with Crippen molar-refractivity contribution < 1.29 is 14.3 Å². The minimum absolute atomic E-state index is 0.362. The van der Waals surface area contributed by atoms with E-state index in [0.717, 1.165) is 47.4 Å². The maximum Gasteiger partial charge on any atom is 0.419 e. The summed E-state index contributed by atoms with van der Waals surface area (Å²) in [6, 6.07) is 13.1. The Morgan fingerprint density at radius 1 is 1.17 bits per heavy atom. The van der Waals surface area contributed by atoms with Crippen molar-refractivity contribution in [3.05, 3.63) is 77.3 Å². The third kappa shape index (κ3) is 6.21. The van der Waals surface area contributed by atoms with Gasteiger partial charge >= 0.3 is 6.09 Å². The molecule has 1 amide bonds. The van der Waals surface area contributed by atoms with E-state index >= 15 is 0 Å². The molecule has 0 saturated carbocycles. The first-order chi connectivity index (χ1) is 14.6. The number of hydrogen-bond acceptors (Lipinski definition) is 4. The summed E-state index contributed by atoms with van der Waals surface area (Å²) in [6.45, 7) is 6.60. The molecule has 3 rings (SSSR count). The Morgan fingerprint density at radius 3 is 2.70 bits per heavy atom. The monoisotopic (exact) mass is 470 g/mol. The molecule has 0 aromatic heterocycles. The standard InChI is InChI=1S/C24H27BrN2O3/c1-3-14-26(2)15-4-5-17-29-22-12-13-23-19(18-22)7-6-16-27(23)24(28)30-21-10-8-20(25)9-11-21/h3-5,8-13,18H,1,6-7,14-17H2,2H3. The maximum atomic E-state index is 12.7. The highest BCUT2D eigenvalue weighted by molar-refractivity contribution is 9.10. The third-order valence-electron chi connectivity index (χ3n) is 4.78. The van der Waals surface area contributed by atoms with Crippen LogP contribution in [0, 0.1) is 0 Å². The molecular formula is C24H27BrN2O3. The summed E-state index contributed by atoms with van der Waals surface area (Å²) in [5.74, 6) is 1.33. The van der Waals surface area contributed by atoms with Crippen LogP contribution in [-0.2, 0) is 6.42 Å². The maximum absolute atomic E-state index is 12.7. The number of halogens is 1. The fourth-order valence-corrected chi connectivity index (χ4v) is 3.54. The highest BCUT2D eigenvalue weighted by atomic mass is 79.9. The normalized spacial score (nSPS) is 13.4. The predicted molar refractivity (Wildman–Crippen MR) is 125 cm³/mol. The van der Waals surface area contributed by atoms with Crippen molar-refractivity contribution in [3.8, 4) is 11.5 Å². The highest BCUT2D eigenvalue weighted by Gasteiger charge is 2.24. The number of fused-ring (bicyclic) bond motifs is 1. The molecule has 0 bridgehead atoms. The Kier molecular flexibility index (Phi) is 8.11. The van der Waals surface area contributed by atoms with E-state index in [2.05, 4.69) is 33.5 Å². The zero-order valence-electron chi connectivity index (χ0n) is 17.2. The largest absolute Gasteiger partial charge is 0.490 e. The molecule has 1 aliphatic heterocycles. The van der Waals surface area contributed by atoms with Gasteiger partial charge < -0.3 is 9.47 Å². The van der Waals surface area contributed by atoms with Crippen LogP contribution in [0.4, 0.5) is 10.5 Å². The van der Waals surface area contributed by atoms with Crippen LogP contribution in [0.25, 0.3) is 0 Å². The number of anilines is 1. The lowest BCUT2D eigenvalue weighted by molar-refractivity contribution is 0.207. The number of nitrogens with zero attached hydrogens (tertiary/aromatic N) is 2. The Balaban J connectivity index is 1.58. The molecule has 0 atom stereocenters. The molecule has 0 fully saturated rings. The zero-order valence-corrected chi connectivity index (χ0v) is 18.8. The summed E-state index contributed by atoms with van der Waals surface area (Å²) in [6.07, 6.45) is 7.43. The second-order valence-electron chi connectivity index (χ2n) is 7.16. The fourth-order valence-electron chi connectivity index (χ4n) is 3.27. The lowest BCUT2D eigenvalue weighted by Crippen LogP contribution is -2.37. The van der Waals surface area contributed by atoms with Crippen molar-refractivity contribution in [3.63, 3.8) is 0 Å². The second-order valence-corrected chi connectivity index (χ2v) is 8.08. The van der Waals surface area contributed by atoms with Crippen LogP contribution < -0.4 is 14.4 Å². The Hall–Kier alpha value is -2.57. The fraction of sp³-hybridized carbons (Fsp3) is 0.292. The molecule has 0 unspecified atom stereocenters. The number of likely N-dealkylation sites (N-methyl/N-ethyl adjacent to an activating group) is 1. The van der Waals surface area contributed by atoms with Crippen LogP contribution in [0.15, 0.2) is 71.7 Å². The summed E-state index contributed by atoms with van der Waals surface area (Å²) >= 11 is 3.38. The predicted octanol–water partition coefficient (Wildman–Crippen LogP) is 5.45. The van der Waals surface area contributed by atoms with Gasteiger partial charge in [0.15, 0.2) is 0 Å². The summed E-state index contributed by atoms with van der Waals surface area (Å²) < 4.78 is 12.3. The second kappa shape index (κ2) is 11.0. The minimum Gasteiger partial charge on any atom is -0.490 e. The lowest BCUT2D eigenvalue weighted by Gasteiger charge is -2.29. The van der Waals surface area contributed by atoms with Gasteiger partial charge in [0.2, 0.25) is 0 Å². The van der Waals surface area contributed by atoms with Crippen LogP contribution in [-0.4, -0.2) is 44.3 Å².